The van der Waals surface area contributed by atoms with Gasteiger partial charge in [0.15, 0.2) is 4.80 Å². The van der Waals surface area contributed by atoms with Gasteiger partial charge in [-0.05, 0) is 62.2 Å². The summed E-state index contributed by atoms with van der Waals surface area (Å²) in [5.41, 5.74) is 3.47. The van der Waals surface area contributed by atoms with Crippen LogP contribution in [0.4, 0.5) is 5.69 Å². The predicted molar refractivity (Wildman–Crippen MR) is 139 cm³/mol. The summed E-state index contributed by atoms with van der Waals surface area (Å²) in [7, 11) is 5.56. The number of thiazole rings is 1. The summed E-state index contributed by atoms with van der Waals surface area (Å²) >= 11 is 1.31. The van der Waals surface area contributed by atoms with E-state index in [1.807, 2.05) is 73.6 Å². The molecule has 0 fully saturated rings. The van der Waals surface area contributed by atoms with Crippen LogP contribution in [0.1, 0.15) is 37.9 Å². The van der Waals surface area contributed by atoms with Gasteiger partial charge in [-0.2, -0.15) is 0 Å². The lowest BCUT2D eigenvalue weighted by Crippen LogP contribution is -2.40. The second kappa shape index (κ2) is 9.92. The molecule has 3 aromatic rings. The summed E-state index contributed by atoms with van der Waals surface area (Å²) in [6, 6.07) is 14.7. The van der Waals surface area contributed by atoms with Crippen molar-refractivity contribution in [2.24, 2.45) is 4.99 Å². The van der Waals surface area contributed by atoms with Crippen molar-refractivity contribution >= 4 is 29.1 Å². The Kier molecular flexibility index (Phi) is 6.93. The zero-order valence-electron chi connectivity index (χ0n) is 20.7. The maximum Gasteiger partial charge on any atom is 0.338 e. The summed E-state index contributed by atoms with van der Waals surface area (Å²) in [6.45, 7) is 5.38. The minimum Gasteiger partial charge on any atom is -0.497 e. The van der Waals surface area contributed by atoms with Crippen molar-refractivity contribution in [2.45, 2.75) is 32.9 Å². The molecule has 0 spiro atoms. The molecule has 0 bridgehead atoms. The summed E-state index contributed by atoms with van der Waals surface area (Å²) in [5, 5.41) is 0. The van der Waals surface area contributed by atoms with Crippen LogP contribution in [-0.4, -0.2) is 37.8 Å². The van der Waals surface area contributed by atoms with Gasteiger partial charge in [-0.15, -0.1) is 0 Å². The Labute approximate surface area is 208 Å². The molecule has 1 unspecified atom stereocenters. The summed E-state index contributed by atoms with van der Waals surface area (Å²) < 4.78 is 13.0. The first-order chi connectivity index (χ1) is 16.7. The molecule has 182 valence electrons. The van der Waals surface area contributed by atoms with Crippen LogP contribution in [-0.2, 0) is 9.53 Å². The molecule has 1 aliphatic rings. The molecule has 1 aliphatic heterocycles. The molecule has 0 amide bonds. The van der Waals surface area contributed by atoms with Gasteiger partial charge in [0, 0.05) is 19.8 Å². The monoisotopic (exact) mass is 491 g/mol. The van der Waals surface area contributed by atoms with Crippen LogP contribution in [0.3, 0.4) is 0 Å². The third-order valence-electron chi connectivity index (χ3n) is 5.72. The molecule has 0 N–H and O–H groups in total. The minimum atomic E-state index is -0.651. The largest absolute Gasteiger partial charge is 0.497 e. The summed E-state index contributed by atoms with van der Waals surface area (Å²) in [4.78, 5) is 34.0. The minimum absolute atomic E-state index is 0.200. The molecule has 1 atom stereocenters. The molecule has 0 saturated heterocycles. The first-order valence-electron chi connectivity index (χ1n) is 11.3. The van der Waals surface area contributed by atoms with E-state index in [1.165, 1.54) is 11.3 Å². The Balaban J connectivity index is 1.88. The van der Waals surface area contributed by atoms with Gasteiger partial charge in [0.25, 0.3) is 5.56 Å². The number of esters is 1. The van der Waals surface area contributed by atoms with Gasteiger partial charge in [-0.3, -0.25) is 9.36 Å². The van der Waals surface area contributed by atoms with Crippen molar-refractivity contribution in [3.8, 4) is 5.75 Å². The van der Waals surface area contributed by atoms with Crippen LogP contribution < -0.4 is 24.5 Å². The number of carbonyl (C=O) groups is 1. The smallest absolute Gasteiger partial charge is 0.338 e. The number of fused-ring (bicyclic) bond motifs is 1. The van der Waals surface area contributed by atoms with Crippen molar-refractivity contribution in [1.82, 2.24) is 4.57 Å². The van der Waals surface area contributed by atoms with Crippen LogP contribution in [0.2, 0.25) is 0 Å². The van der Waals surface area contributed by atoms with Crippen LogP contribution in [0.15, 0.2) is 69.6 Å². The molecule has 0 saturated carbocycles. The number of ether oxygens (including phenoxy) is 2. The fourth-order valence-electron chi connectivity index (χ4n) is 3.98. The predicted octanol–water partition coefficient (Wildman–Crippen LogP) is 3.26. The van der Waals surface area contributed by atoms with E-state index < -0.39 is 12.0 Å². The molecule has 35 heavy (non-hydrogen) atoms. The molecule has 1 aromatic heterocycles. The fourth-order valence-corrected chi connectivity index (χ4v) is 5.03. The van der Waals surface area contributed by atoms with E-state index in [0.29, 0.717) is 26.4 Å². The second-order valence-electron chi connectivity index (χ2n) is 8.79. The Morgan fingerprint density at radius 2 is 1.77 bits per heavy atom. The lowest BCUT2D eigenvalue weighted by Gasteiger charge is -2.25. The maximum absolute atomic E-state index is 13.7. The van der Waals surface area contributed by atoms with E-state index in [2.05, 4.69) is 4.99 Å². The third-order valence-corrected chi connectivity index (χ3v) is 6.71. The molecular formula is C27H29N3O4S. The standard InChI is InChI=1S/C27H29N3O4S/c1-16(2)34-26(32)23-17(3)28-27-30(24(23)19-9-13-21(33-6)14-10-19)25(31)22(35-27)15-18-7-11-20(12-8-18)29(4)5/h7-16,24H,1-6H3/b22-15-. The molecule has 7 nitrogen and oxygen atoms in total. The highest BCUT2D eigenvalue weighted by Gasteiger charge is 2.33. The summed E-state index contributed by atoms with van der Waals surface area (Å²) in [5.74, 6) is 0.213. The van der Waals surface area contributed by atoms with Crippen LogP contribution in [0.25, 0.3) is 6.08 Å². The second-order valence-corrected chi connectivity index (χ2v) is 9.80. The van der Waals surface area contributed by atoms with E-state index in [4.69, 9.17) is 9.47 Å². The molecule has 4 rings (SSSR count). The number of hydrogen-bond acceptors (Lipinski definition) is 7. The van der Waals surface area contributed by atoms with Gasteiger partial charge >= 0.3 is 5.97 Å². The van der Waals surface area contributed by atoms with E-state index in [9.17, 15) is 9.59 Å². The van der Waals surface area contributed by atoms with Crippen molar-refractivity contribution in [3.05, 3.63) is 90.6 Å². The molecule has 2 aromatic carbocycles. The molecule has 8 heteroatoms. The van der Waals surface area contributed by atoms with Crippen LogP contribution >= 0.6 is 11.3 Å². The van der Waals surface area contributed by atoms with Crippen molar-refractivity contribution in [3.63, 3.8) is 0 Å². The van der Waals surface area contributed by atoms with Gasteiger partial charge in [0.2, 0.25) is 0 Å². The number of rotatable bonds is 6. The first-order valence-corrected chi connectivity index (χ1v) is 12.2. The summed E-state index contributed by atoms with van der Waals surface area (Å²) in [6.07, 6.45) is 1.56. The zero-order chi connectivity index (χ0) is 25.3. The first kappa shape index (κ1) is 24.5. The number of benzene rings is 2. The average Bonchev–Trinajstić information content (AvgIpc) is 3.12. The normalized spacial score (nSPS) is 15.6. The molecule has 2 heterocycles. The third kappa shape index (κ3) is 4.93. The van der Waals surface area contributed by atoms with E-state index in [-0.39, 0.29) is 11.7 Å². The lowest BCUT2D eigenvalue weighted by molar-refractivity contribution is -0.143. The van der Waals surface area contributed by atoms with E-state index in [0.717, 1.165) is 16.8 Å². The van der Waals surface area contributed by atoms with Crippen molar-refractivity contribution < 1.29 is 14.3 Å². The van der Waals surface area contributed by atoms with E-state index in [1.54, 1.807) is 32.4 Å². The highest BCUT2D eigenvalue weighted by Crippen LogP contribution is 2.31. The lowest BCUT2D eigenvalue weighted by atomic mass is 9.96. The van der Waals surface area contributed by atoms with Gasteiger partial charge in [-0.1, -0.05) is 35.6 Å². The number of methoxy groups -OCH3 is 1. The van der Waals surface area contributed by atoms with Crippen LogP contribution in [0, 0.1) is 0 Å². The highest BCUT2D eigenvalue weighted by atomic mass is 32.1. The van der Waals surface area contributed by atoms with Crippen molar-refractivity contribution in [1.29, 1.82) is 0 Å². The maximum atomic E-state index is 13.7. The van der Waals surface area contributed by atoms with Gasteiger partial charge in [0.1, 0.15) is 5.75 Å². The number of hydrogen-bond donors (Lipinski definition) is 0. The quantitative estimate of drug-likeness (QED) is 0.495. The number of nitrogens with zero attached hydrogens (tertiary/aromatic N) is 3. The Morgan fingerprint density at radius 3 is 2.34 bits per heavy atom. The number of aromatic nitrogens is 1. The number of carbonyl (C=O) groups excluding carboxylic acids is 1. The molecule has 0 aliphatic carbocycles. The zero-order valence-corrected chi connectivity index (χ0v) is 21.6. The Hall–Kier alpha value is -3.65. The van der Waals surface area contributed by atoms with Gasteiger partial charge in [-0.25, -0.2) is 9.79 Å². The molecular weight excluding hydrogens is 462 g/mol. The Bertz CT molecular complexity index is 1450. The van der Waals surface area contributed by atoms with Gasteiger partial charge in [0.05, 0.1) is 35.1 Å². The van der Waals surface area contributed by atoms with Crippen LogP contribution in [0.5, 0.6) is 5.75 Å². The van der Waals surface area contributed by atoms with E-state index >= 15 is 0 Å². The number of allylic oxidation sites excluding steroid dienone is 1. The van der Waals surface area contributed by atoms with Gasteiger partial charge < -0.3 is 14.4 Å². The fraction of sp³-hybridized carbons (Fsp3) is 0.296. The topological polar surface area (TPSA) is 73.1 Å². The Morgan fingerprint density at radius 1 is 1.11 bits per heavy atom. The van der Waals surface area contributed by atoms with Crippen molar-refractivity contribution in [2.75, 3.05) is 26.1 Å². The highest BCUT2D eigenvalue weighted by molar-refractivity contribution is 7.07. The number of anilines is 1. The average molecular weight is 492 g/mol. The molecule has 0 radical (unpaired) electrons. The SMILES string of the molecule is COc1ccc(C2C(C(=O)OC(C)C)=C(C)N=c3s/c(=C\c4ccc(N(C)C)cc4)c(=O)n32)cc1.